The van der Waals surface area contributed by atoms with Crippen LogP contribution in [0.2, 0.25) is 0 Å². The van der Waals surface area contributed by atoms with Crippen molar-refractivity contribution in [3.63, 3.8) is 0 Å². The highest BCUT2D eigenvalue weighted by Gasteiger charge is 2.17. The van der Waals surface area contributed by atoms with Gasteiger partial charge in [0.2, 0.25) is 0 Å². The van der Waals surface area contributed by atoms with Crippen molar-refractivity contribution >= 4 is 0 Å². The van der Waals surface area contributed by atoms with E-state index in [2.05, 4.69) is 10.4 Å². The third-order valence-corrected chi connectivity index (χ3v) is 2.94. The number of nitrogens with one attached hydrogen (secondary N) is 1. The van der Waals surface area contributed by atoms with Crippen LogP contribution < -0.4 is 5.43 Å². The molecule has 3 heteroatoms. The van der Waals surface area contributed by atoms with Crippen LogP contribution in [0.25, 0.3) is 0 Å². The van der Waals surface area contributed by atoms with Gasteiger partial charge in [0.25, 0.3) is 0 Å². The molecule has 2 rings (SSSR count). The molecule has 0 saturated carbocycles. The van der Waals surface area contributed by atoms with Gasteiger partial charge >= 0.3 is 0 Å². The van der Waals surface area contributed by atoms with E-state index in [1.807, 2.05) is 0 Å². The lowest BCUT2D eigenvalue weighted by atomic mass is 10.2. The van der Waals surface area contributed by atoms with Crippen LogP contribution in [-0.4, -0.2) is 37.4 Å². The molecule has 2 fully saturated rings. The number of hydrogen-bond acceptors (Lipinski definition) is 3. The Labute approximate surface area is 80.4 Å². The maximum atomic E-state index is 5.59. The van der Waals surface area contributed by atoms with E-state index in [9.17, 15) is 0 Å². The molecule has 2 aliphatic rings. The standard InChI is InChI=1S/C10H20N2O/c1-2-7-12(11-6-1)8-5-10-4-3-9-13-10/h10-11H,1-9H2. The number of hydrazine groups is 1. The average Bonchev–Trinajstić information content (AvgIpc) is 2.69. The Hall–Kier alpha value is -0.120. The van der Waals surface area contributed by atoms with E-state index in [0.717, 1.165) is 19.7 Å². The molecule has 0 amide bonds. The van der Waals surface area contributed by atoms with Gasteiger partial charge in [-0.1, -0.05) is 0 Å². The molecule has 0 aromatic rings. The lowest BCUT2D eigenvalue weighted by Gasteiger charge is -2.28. The van der Waals surface area contributed by atoms with Gasteiger partial charge in [0.15, 0.2) is 0 Å². The number of nitrogens with zero attached hydrogens (tertiary/aromatic N) is 1. The van der Waals surface area contributed by atoms with Crippen molar-refractivity contribution in [3.05, 3.63) is 0 Å². The number of ether oxygens (including phenoxy) is 1. The summed E-state index contributed by atoms with van der Waals surface area (Å²) in [5.74, 6) is 0. The molecule has 3 nitrogen and oxygen atoms in total. The highest BCUT2D eigenvalue weighted by atomic mass is 16.5. The van der Waals surface area contributed by atoms with Crippen LogP contribution in [0.1, 0.15) is 32.1 Å². The van der Waals surface area contributed by atoms with E-state index in [-0.39, 0.29) is 0 Å². The summed E-state index contributed by atoms with van der Waals surface area (Å²) in [5.41, 5.74) is 3.42. The van der Waals surface area contributed by atoms with E-state index in [1.54, 1.807) is 0 Å². The van der Waals surface area contributed by atoms with Gasteiger partial charge in [0.1, 0.15) is 0 Å². The Morgan fingerprint density at radius 2 is 2.31 bits per heavy atom. The molecule has 1 N–H and O–H groups in total. The van der Waals surface area contributed by atoms with Gasteiger partial charge in [0.05, 0.1) is 6.10 Å². The second kappa shape index (κ2) is 4.94. The van der Waals surface area contributed by atoms with Crippen molar-refractivity contribution in [1.82, 2.24) is 10.4 Å². The summed E-state index contributed by atoms with van der Waals surface area (Å²) >= 11 is 0. The zero-order valence-corrected chi connectivity index (χ0v) is 8.30. The van der Waals surface area contributed by atoms with Gasteiger partial charge in [-0.05, 0) is 32.1 Å². The van der Waals surface area contributed by atoms with Crippen LogP contribution >= 0.6 is 0 Å². The van der Waals surface area contributed by atoms with E-state index < -0.39 is 0 Å². The molecule has 2 saturated heterocycles. The summed E-state index contributed by atoms with van der Waals surface area (Å²) in [4.78, 5) is 0. The molecule has 2 aliphatic heterocycles. The fourth-order valence-corrected chi connectivity index (χ4v) is 2.11. The van der Waals surface area contributed by atoms with Gasteiger partial charge in [-0.15, -0.1) is 0 Å². The Bertz CT molecular complexity index is 140. The summed E-state index contributed by atoms with van der Waals surface area (Å²) in [6.45, 7) is 4.51. The highest BCUT2D eigenvalue weighted by Crippen LogP contribution is 2.15. The quantitative estimate of drug-likeness (QED) is 0.712. The lowest BCUT2D eigenvalue weighted by molar-refractivity contribution is 0.0753. The number of hydrogen-bond donors (Lipinski definition) is 1. The molecule has 0 aromatic heterocycles. The topological polar surface area (TPSA) is 24.5 Å². The first-order valence-electron chi connectivity index (χ1n) is 5.55. The molecule has 1 atom stereocenters. The van der Waals surface area contributed by atoms with Crippen molar-refractivity contribution in [2.75, 3.05) is 26.2 Å². The third-order valence-electron chi connectivity index (χ3n) is 2.94. The smallest absolute Gasteiger partial charge is 0.0588 e. The first kappa shape index (κ1) is 9.44. The molecular formula is C10H20N2O. The zero-order chi connectivity index (χ0) is 8.93. The van der Waals surface area contributed by atoms with Crippen molar-refractivity contribution in [3.8, 4) is 0 Å². The first-order chi connectivity index (χ1) is 6.45. The van der Waals surface area contributed by atoms with Gasteiger partial charge < -0.3 is 4.74 Å². The van der Waals surface area contributed by atoms with Crippen LogP contribution in [0.5, 0.6) is 0 Å². The summed E-state index contributed by atoms with van der Waals surface area (Å²) in [6.07, 6.45) is 6.96. The Morgan fingerprint density at radius 3 is 3.00 bits per heavy atom. The maximum absolute atomic E-state index is 5.59. The fourth-order valence-electron chi connectivity index (χ4n) is 2.11. The molecule has 0 radical (unpaired) electrons. The molecule has 2 heterocycles. The zero-order valence-electron chi connectivity index (χ0n) is 8.30. The molecule has 0 aliphatic carbocycles. The molecule has 76 valence electrons. The van der Waals surface area contributed by atoms with Gasteiger partial charge in [0, 0.05) is 26.2 Å². The van der Waals surface area contributed by atoms with E-state index in [4.69, 9.17) is 4.74 Å². The van der Waals surface area contributed by atoms with Crippen LogP contribution in [0.3, 0.4) is 0 Å². The maximum Gasteiger partial charge on any atom is 0.0588 e. The lowest BCUT2D eigenvalue weighted by Crippen LogP contribution is -2.44. The summed E-state index contributed by atoms with van der Waals surface area (Å²) in [7, 11) is 0. The largest absolute Gasteiger partial charge is 0.378 e. The summed E-state index contributed by atoms with van der Waals surface area (Å²) in [6, 6.07) is 0. The highest BCUT2D eigenvalue weighted by molar-refractivity contribution is 4.68. The van der Waals surface area contributed by atoms with Gasteiger partial charge in [-0.2, -0.15) is 0 Å². The van der Waals surface area contributed by atoms with Crippen molar-refractivity contribution in [2.24, 2.45) is 0 Å². The van der Waals surface area contributed by atoms with Crippen LogP contribution in [-0.2, 0) is 4.74 Å². The summed E-state index contributed by atoms with van der Waals surface area (Å²) < 4.78 is 5.59. The second-order valence-electron chi connectivity index (χ2n) is 4.03. The number of rotatable bonds is 3. The minimum Gasteiger partial charge on any atom is -0.378 e. The third kappa shape index (κ3) is 2.93. The molecular weight excluding hydrogens is 164 g/mol. The minimum absolute atomic E-state index is 0.545. The molecule has 1 unspecified atom stereocenters. The monoisotopic (exact) mass is 184 g/mol. The van der Waals surface area contributed by atoms with Crippen molar-refractivity contribution < 1.29 is 4.74 Å². The van der Waals surface area contributed by atoms with Crippen LogP contribution in [0.15, 0.2) is 0 Å². The van der Waals surface area contributed by atoms with Crippen LogP contribution in [0.4, 0.5) is 0 Å². The average molecular weight is 184 g/mol. The second-order valence-corrected chi connectivity index (χ2v) is 4.03. The molecule has 0 spiro atoms. The van der Waals surface area contributed by atoms with E-state index >= 15 is 0 Å². The molecule has 0 aromatic carbocycles. The first-order valence-corrected chi connectivity index (χ1v) is 5.55. The Morgan fingerprint density at radius 1 is 1.31 bits per heavy atom. The SMILES string of the molecule is C1CCN(CCC2CCCO2)NC1. The normalized spacial score (nSPS) is 30.9. The summed E-state index contributed by atoms with van der Waals surface area (Å²) in [5, 5.41) is 2.35. The van der Waals surface area contributed by atoms with E-state index in [0.29, 0.717) is 6.10 Å². The van der Waals surface area contributed by atoms with Gasteiger partial charge in [-0.25, -0.2) is 5.01 Å². The molecule has 13 heavy (non-hydrogen) atoms. The predicted octanol–water partition coefficient (Wildman–Crippen LogP) is 1.16. The van der Waals surface area contributed by atoms with Crippen LogP contribution in [0, 0.1) is 0 Å². The van der Waals surface area contributed by atoms with Crippen molar-refractivity contribution in [2.45, 2.75) is 38.2 Å². The van der Waals surface area contributed by atoms with E-state index in [1.165, 1.54) is 38.6 Å². The predicted molar refractivity (Wildman–Crippen MR) is 52.4 cm³/mol. The Kier molecular flexibility index (Phi) is 3.58. The minimum atomic E-state index is 0.545. The molecule has 0 bridgehead atoms. The Balaban J connectivity index is 1.60. The fraction of sp³-hybridized carbons (Fsp3) is 1.00. The van der Waals surface area contributed by atoms with Crippen molar-refractivity contribution in [1.29, 1.82) is 0 Å². The van der Waals surface area contributed by atoms with Gasteiger partial charge in [-0.3, -0.25) is 5.43 Å².